The molecular weight excluding hydrogens is 394 g/mol. The highest BCUT2D eigenvalue weighted by molar-refractivity contribution is 6.31. The molecule has 6 nitrogen and oxygen atoms in total. The monoisotopic (exact) mass is 411 g/mol. The van der Waals surface area contributed by atoms with E-state index in [2.05, 4.69) is 5.32 Å². The minimum atomic E-state index is -0.621. The number of hydrogen-bond donors (Lipinski definition) is 1. The summed E-state index contributed by atoms with van der Waals surface area (Å²) in [5.41, 5.74) is 0.696. The number of rotatable bonds is 7. The van der Waals surface area contributed by atoms with Crippen LogP contribution in [0.2, 0.25) is 5.02 Å². The quantitative estimate of drug-likeness (QED) is 0.557. The fourth-order valence-corrected chi connectivity index (χ4v) is 2.63. The van der Waals surface area contributed by atoms with Gasteiger partial charge in [-0.2, -0.15) is 0 Å². The van der Waals surface area contributed by atoms with Crippen molar-refractivity contribution < 1.29 is 23.8 Å². The van der Waals surface area contributed by atoms with Gasteiger partial charge in [0.25, 0.3) is 5.91 Å². The lowest BCUT2D eigenvalue weighted by molar-refractivity contribution is -0.119. The summed E-state index contributed by atoms with van der Waals surface area (Å²) in [6.45, 7) is -0.448. The van der Waals surface area contributed by atoms with Crippen LogP contribution < -0.4 is 14.8 Å². The van der Waals surface area contributed by atoms with E-state index in [0.717, 1.165) is 0 Å². The van der Waals surface area contributed by atoms with E-state index in [1.807, 2.05) is 30.3 Å². The zero-order chi connectivity index (χ0) is 20.6. The number of halogens is 1. The van der Waals surface area contributed by atoms with E-state index in [1.54, 1.807) is 42.5 Å². The smallest absolute Gasteiger partial charge is 0.338 e. The van der Waals surface area contributed by atoms with Gasteiger partial charge in [-0.05, 0) is 54.6 Å². The first-order valence-corrected chi connectivity index (χ1v) is 9.06. The second-order valence-corrected chi connectivity index (χ2v) is 6.34. The van der Waals surface area contributed by atoms with Gasteiger partial charge in [0.15, 0.2) is 6.61 Å². The van der Waals surface area contributed by atoms with Crippen LogP contribution in [0.4, 0.5) is 5.69 Å². The van der Waals surface area contributed by atoms with E-state index in [1.165, 1.54) is 7.11 Å². The lowest BCUT2D eigenvalue weighted by atomic mass is 10.2. The van der Waals surface area contributed by atoms with Gasteiger partial charge in [-0.25, -0.2) is 4.79 Å². The van der Waals surface area contributed by atoms with Crippen LogP contribution in [0.1, 0.15) is 10.4 Å². The molecule has 148 valence electrons. The molecule has 0 radical (unpaired) electrons. The molecule has 7 heteroatoms. The minimum Gasteiger partial charge on any atom is -0.495 e. The van der Waals surface area contributed by atoms with E-state index in [-0.39, 0.29) is 0 Å². The van der Waals surface area contributed by atoms with Crippen molar-refractivity contribution in [3.05, 3.63) is 83.4 Å². The summed E-state index contributed by atoms with van der Waals surface area (Å²) in [6.07, 6.45) is 0. The number of methoxy groups -OCH3 is 1. The molecule has 0 aliphatic carbocycles. The number of anilines is 1. The van der Waals surface area contributed by atoms with Crippen molar-refractivity contribution in [2.24, 2.45) is 0 Å². The van der Waals surface area contributed by atoms with Crippen molar-refractivity contribution in [3.63, 3.8) is 0 Å². The SMILES string of the molecule is COc1ccc(Cl)cc1NC(=O)COC(=O)c1ccc(Oc2ccccc2)cc1. The maximum absolute atomic E-state index is 12.2. The van der Waals surface area contributed by atoms with Crippen molar-refractivity contribution in [1.82, 2.24) is 0 Å². The number of carbonyl (C=O) groups excluding carboxylic acids is 2. The van der Waals surface area contributed by atoms with Gasteiger partial charge in [-0.15, -0.1) is 0 Å². The summed E-state index contributed by atoms with van der Waals surface area (Å²) < 4.78 is 15.9. The first-order valence-electron chi connectivity index (χ1n) is 8.68. The van der Waals surface area contributed by atoms with Crippen LogP contribution in [0, 0.1) is 0 Å². The molecule has 0 aromatic heterocycles. The van der Waals surface area contributed by atoms with Crippen LogP contribution in [0.15, 0.2) is 72.8 Å². The zero-order valence-electron chi connectivity index (χ0n) is 15.6. The zero-order valence-corrected chi connectivity index (χ0v) is 16.3. The van der Waals surface area contributed by atoms with Crippen LogP contribution in [0.25, 0.3) is 0 Å². The summed E-state index contributed by atoms with van der Waals surface area (Å²) >= 11 is 5.93. The molecule has 29 heavy (non-hydrogen) atoms. The van der Waals surface area contributed by atoms with Crippen molar-refractivity contribution in [3.8, 4) is 17.2 Å². The molecule has 0 spiro atoms. The lowest BCUT2D eigenvalue weighted by Gasteiger charge is -2.11. The Morgan fingerprint density at radius 3 is 2.31 bits per heavy atom. The first-order chi connectivity index (χ1) is 14.0. The van der Waals surface area contributed by atoms with E-state index < -0.39 is 18.5 Å². The number of hydrogen-bond acceptors (Lipinski definition) is 5. The fraction of sp³-hybridized carbons (Fsp3) is 0.0909. The van der Waals surface area contributed by atoms with E-state index in [4.69, 9.17) is 25.8 Å². The van der Waals surface area contributed by atoms with Crippen molar-refractivity contribution in [2.75, 3.05) is 19.0 Å². The molecule has 1 amide bonds. The fourth-order valence-electron chi connectivity index (χ4n) is 2.46. The van der Waals surface area contributed by atoms with Crippen LogP contribution in [-0.2, 0) is 9.53 Å². The molecule has 3 rings (SSSR count). The second-order valence-electron chi connectivity index (χ2n) is 5.91. The maximum Gasteiger partial charge on any atom is 0.338 e. The van der Waals surface area contributed by atoms with Gasteiger partial charge in [0.05, 0.1) is 18.4 Å². The number of benzene rings is 3. The Hall–Kier alpha value is -3.51. The van der Waals surface area contributed by atoms with Gasteiger partial charge < -0.3 is 19.5 Å². The van der Waals surface area contributed by atoms with Gasteiger partial charge in [-0.3, -0.25) is 4.79 Å². The Bertz CT molecular complexity index is 990. The predicted octanol–water partition coefficient (Wildman–Crippen LogP) is 4.94. The van der Waals surface area contributed by atoms with Crippen LogP contribution >= 0.6 is 11.6 Å². The summed E-state index contributed by atoms with van der Waals surface area (Å²) in [4.78, 5) is 24.2. The third-order valence-electron chi connectivity index (χ3n) is 3.84. The standard InChI is InChI=1S/C22H18ClNO5/c1-27-20-12-9-16(23)13-19(20)24-21(25)14-28-22(26)15-7-10-18(11-8-15)29-17-5-3-2-4-6-17/h2-13H,14H2,1H3,(H,24,25). The van der Waals surface area contributed by atoms with Gasteiger partial charge in [0.1, 0.15) is 17.2 Å². The molecule has 0 unspecified atom stereocenters. The van der Waals surface area contributed by atoms with Gasteiger partial charge in [0, 0.05) is 5.02 Å². The van der Waals surface area contributed by atoms with Gasteiger partial charge in [-0.1, -0.05) is 29.8 Å². The molecule has 0 atom stereocenters. The molecule has 0 bridgehead atoms. The summed E-state index contributed by atoms with van der Waals surface area (Å²) in [7, 11) is 1.48. The van der Waals surface area contributed by atoms with E-state index in [0.29, 0.717) is 33.5 Å². The Morgan fingerprint density at radius 2 is 1.62 bits per heavy atom. The first kappa shape index (κ1) is 20.2. The molecule has 0 heterocycles. The molecule has 0 saturated carbocycles. The Kier molecular flexibility index (Phi) is 6.71. The molecular formula is C22H18ClNO5. The highest BCUT2D eigenvalue weighted by atomic mass is 35.5. The molecule has 0 saturated heterocycles. The minimum absolute atomic E-state index is 0.304. The molecule has 3 aromatic rings. The lowest BCUT2D eigenvalue weighted by Crippen LogP contribution is -2.21. The Labute approximate surface area is 173 Å². The molecule has 3 aromatic carbocycles. The topological polar surface area (TPSA) is 73.9 Å². The number of nitrogens with one attached hydrogen (secondary N) is 1. The normalized spacial score (nSPS) is 10.1. The molecule has 1 N–H and O–H groups in total. The summed E-state index contributed by atoms with van der Waals surface area (Å²) in [5.74, 6) is 0.588. The Balaban J connectivity index is 1.54. The number of ether oxygens (including phenoxy) is 3. The Morgan fingerprint density at radius 1 is 0.931 bits per heavy atom. The van der Waals surface area contributed by atoms with Crippen molar-refractivity contribution in [1.29, 1.82) is 0 Å². The molecule has 0 aliphatic heterocycles. The highest BCUT2D eigenvalue weighted by Gasteiger charge is 2.13. The molecule has 0 aliphatic rings. The third-order valence-corrected chi connectivity index (χ3v) is 4.07. The molecule has 0 fully saturated rings. The van der Waals surface area contributed by atoms with E-state index in [9.17, 15) is 9.59 Å². The van der Waals surface area contributed by atoms with Gasteiger partial charge >= 0.3 is 5.97 Å². The van der Waals surface area contributed by atoms with E-state index >= 15 is 0 Å². The third kappa shape index (κ3) is 5.73. The average Bonchev–Trinajstić information content (AvgIpc) is 2.73. The average molecular weight is 412 g/mol. The number of amides is 1. The second kappa shape index (κ2) is 9.61. The van der Waals surface area contributed by atoms with Crippen LogP contribution in [0.5, 0.6) is 17.2 Å². The van der Waals surface area contributed by atoms with Crippen molar-refractivity contribution in [2.45, 2.75) is 0 Å². The number of esters is 1. The number of carbonyl (C=O) groups is 2. The van der Waals surface area contributed by atoms with Crippen LogP contribution in [0.3, 0.4) is 0 Å². The van der Waals surface area contributed by atoms with Gasteiger partial charge in [0.2, 0.25) is 0 Å². The maximum atomic E-state index is 12.2. The van der Waals surface area contributed by atoms with Crippen LogP contribution in [-0.4, -0.2) is 25.6 Å². The highest BCUT2D eigenvalue weighted by Crippen LogP contribution is 2.27. The summed E-state index contributed by atoms with van der Waals surface area (Å²) in [5, 5.41) is 3.04. The predicted molar refractivity (Wildman–Crippen MR) is 110 cm³/mol. The largest absolute Gasteiger partial charge is 0.495 e. The van der Waals surface area contributed by atoms with Crippen molar-refractivity contribution >= 4 is 29.2 Å². The summed E-state index contributed by atoms with van der Waals surface area (Å²) in [6, 6.07) is 20.5. The number of para-hydroxylation sites is 1.